The number of ether oxygens (including phenoxy) is 1. The highest BCUT2D eigenvalue weighted by Crippen LogP contribution is 2.35. The van der Waals surface area contributed by atoms with Crippen molar-refractivity contribution in [1.29, 1.82) is 0 Å². The Kier molecular flexibility index (Phi) is 4.61. The third-order valence-corrected chi connectivity index (χ3v) is 5.17. The molecular formula is C19H22N4O2. The molecule has 3 atom stereocenters. The molecule has 4 heterocycles. The lowest BCUT2D eigenvalue weighted by molar-refractivity contribution is 0.0768. The second kappa shape index (κ2) is 7.19. The van der Waals surface area contributed by atoms with Crippen LogP contribution in [0, 0.1) is 11.8 Å². The minimum absolute atomic E-state index is 0.0691. The number of carbonyl (C=O) groups is 1. The number of amides is 1. The molecule has 2 aliphatic heterocycles. The topological polar surface area (TPSA) is 67.3 Å². The Hall–Kier alpha value is -2.47. The van der Waals surface area contributed by atoms with Crippen molar-refractivity contribution in [3.05, 3.63) is 54.5 Å². The van der Waals surface area contributed by atoms with Gasteiger partial charge in [0.2, 0.25) is 0 Å². The van der Waals surface area contributed by atoms with Crippen molar-refractivity contribution in [3.63, 3.8) is 0 Å². The van der Waals surface area contributed by atoms with E-state index < -0.39 is 0 Å². The fraction of sp³-hybridized carbons (Fsp3) is 0.421. The summed E-state index contributed by atoms with van der Waals surface area (Å²) in [6.45, 7) is 3.27. The minimum Gasteiger partial charge on any atom is -0.376 e. The summed E-state index contributed by atoms with van der Waals surface area (Å²) in [7, 11) is 0. The number of nitrogens with one attached hydrogen (secondary N) is 1. The molecule has 0 spiro atoms. The molecule has 1 N–H and O–H groups in total. The first-order chi connectivity index (χ1) is 12.3. The van der Waals surface area contributed by atoms with Gasteiger partial charge in [0.25, 0.3) is 5.91 Å². The van der Waals surface area contributed by atoms with Gasteiger partial charge >= 0.3 is 0 Å². The molecule has 25 heavy (non-hydrogen) atoms. The molecule has 1 amide bonds. The maximum absolute atomic E-state index is 12.2. The van der Waals surface area contributed by atoms with E-state index in [4.69, 9.17) is 4.74 Å². The van der Waals surface area contributed by atoms with Crippen molar-refractivity contribution < 1.29 is 9.53 Å². The Bertz CT molecular complexity index is 710. The summed E-state index contributed by atoms with van der Waals surface area (Å²) in [6, 6.07) is 9.47. The number of rotatable bonds is 4. The predicted molar refractivity (Wildman–Crippen MR) is 94.4 cm³/mol. The Morgan fingerprint density at radius 2 is 2.12 bits per heavy atom. The van der Waals surface area contributed by atoms with Crippen molar-refractivity contribution in [1.82, 2.24) is 15.3 Å². The number of fused-ring (bicyclic) bond motifs is 1. The molecule has 0 bridgehead atoms. The highest BCUT2D eigenvalue weighted by molar-refractivity contribution is 5.93. The monoisotopic (exact) mass is 338 g/mol. The largest absolute Gasteiger partial charge is 0.376 e. The second-order valence-electron chi connectivity index (χ2n) is 6.66. The van der Waals surface area contributed by atoms with E-state index in [-0.39, 0.29) is 12.0 Å². The highest BCUT2D eigenvalue weighted by atomic mass is 16.5. The average molecular weight is 338 g/mol. The van der Waals surface area contributed by atoms with Gasteiger partial charge in [-0.1, -0.05) is 6.07 Å². The van der Waals surface area contributed by atoms with E-state index >= 15 is 0 Å². The summed E-state index contributed by atoms with van der Waals surface area (Å²) >= 11 is 0. The van der Waals surface area contributed by atoms with Crippen molar-refractivity contribution >= 4 is 11.7 Å². The Morgan fingerprint density at radius 3 is 2.92 bits per heavy atom. The van der Waals surface area contributed by atoms with Crippen LogP contribution in [-0.4, -0.2) is 48.2 Å². The standard InChI is InChI=1S/C19H22N4O2/c24-19(14-4-8-20-9-5-14)22-11-17-16-6-10-23(12-15(16)13-25-17)18-3-1-2-7-21-18/h1-5,7-9,15-17H,6,10-13H2,(H,22,24)/t15-,16-,17-/m0/s1. The van der Waals surface area contributed by atoms with Gasteiger partial charge < -0.3 is 15.0 Å². The van der Waals surface area contributed by atoms with Gasteiger partial charge in [0.1, 0.15) is 5.82 Å². The normalized spacial score (nSPS) is 25.4. The summed E-state index contributed by atoms with van der Waals surface area (Å²) in [4.78, 5) is 22.9. The number of piperidine rings is 1. The zero-order chi connectivity index (χ0) is 17.1. The van der Waals surface area contributed by atoms with E-state index in [1.54, 1.807) is 24.5 Å². The van der Waals surface area contributed by atoms with Gasteiger partial charge in [-0.3, -0.25) is 9.78 Å². The van der Waals surface area contributed by atoms with Crippen LogP contribution in [0.15, 0.2) is 48.9 Å². The Balaban J connectivity index is 1.32. The molecule has 0 aromatic carbocycles. The van der Waals surface area contributed by atoms with Gasteiger partial charge in [0, 0.05) is 49.7 Å². The lowest BCUT2D eigenvalue weighted by Gasteiger charge is -2.36. The number of hydrogen-bond acceptors (Lipinski definition) is 5. The third kappa shape index (κ3) is 3.49. The summed E-state index contributed by atoms with van der Waals surface area (Å²) in [6.07, 6.45) is 6.26. The first kappa shape index (κ1) is 16.0. The number of hydrogen-bond donors (Lipinski definition) is 1. The summed E-state index contributed by atoms with van der Waals surface area (Å²) < 4.78 is 6.00. The van der Waals surface area contributed by atoms with Gasteiger partial charge in [-0.15, -0.1) is 0 Å². The van der Waals surface area contributed by atoms with Gasteiger partial charge in [0.15, 0.2) is 0 Å². The molecule has 2 aliphatic rings. The first-order valence-corrected chi connectivity index (χ1v) is 8.77. The van der Waals surface area contributed by atoms with Crippen molar-refractivity contribution in [2.75, 3.05) is 31.1 Å². The van der Waals surface area contributed by atoms with E-state index in [0.717, 1.165) is 31.9 Å². The Labute approximate surface area is 147 Å². The summed E-state index contributed by atoms with van der Waals surface area (Å²) in [5.74, 6) is 1.96. The van der Waals surface area contributed by atoms with E-state index in [1.807, 2.05) is 18.3 Å². The number of aromatic nitrogens is 2. The molecule has 2 fully saturated rings. The average Bonchev–Trinajstić information content (AvgIpc) is 3.10. The van der Waals surface area contributed by atoms with Crippen LogP contribution in [-0.2, 0) is 4.74 Å². The SMILES string of the molecule is O=C(NC[C@@H]1OC[C@@H]2CN(c3ccccn3)CC[C@@H]21)c1ccncc1. The van der Waals surface area contributed by atoms with Gasteiger partial charge in [-0.25, -0.2) is 4.98 Å². The number of anilines is 1. The van der Waals surface area contributed by atoms with Crippen LogP contribution in [0.25, 0.3) is 0 Å². The van der Waals surface area contributed by atoms with Gasteiger partial charge in [-0.05, 0) is 36.6 Å². The number of nitrogens with zero attached hydrogens (tertiary/aromatic N) is 3. The quantitative estimate of drug-likeness (QED) is 0.920. The van der Waals surface area contributed by atoms with Crippen LogP contribution in [0.2, 0.25) is 0 Å². The van der Waals surface area contributed by atoms with E-state index in [9.17, 15) is 4.79 Å². The van der Waals surface area contributed by atoms with Crippen molar-refractivity contribution in [3.8, 4) is 0 Å². The summed E-state index contributed by atoms with van der Waals surface area (Å²) in [5.41, 5.74) is 0.634. The van der Waals surface area contributed by atoms with Crippen LogP contribution in [0.3, 0.4) is 0 Å². The first-order valence-electron chi connectivity index (χ1n) is 8.77. The lowest BCUT2D eigenvalue weighted by atomic mass is 9.84. The van der Waals surface area contributed by atoms with Gasteiger partial charge in [-0.2, -0.15) is 0 Å². The van der Waals surface area contributed by atoms with Crippen LogP contribution < -0.4 is 10.2 Å². The van der Waals surface area contributed by atoms with Crippen molar-refractivity contribution in [2.45, 2.75) is 12.5 Å². The van der Waals surface area contributed by atoms with Crippen molar-refractivity contribution in [2.24, 2.45) is 11.8 Å². The molecule has 6 heteroatoms. The lowest BCUT2D eigenvalue weighted by Crippen LogP contribution is -2.44. The molecular weight excluding hydrogens is 316 g/mol. The molecule has 2 aromatic heterocycles. The van der Waals surface area contributed by atoms with Crippen LogP contribution in [0.4, 0.5) is 5.82 Å². The molecule has 0 aliphatic carbocycles. The molecule has 0 radical (unpaired) electrons. The fourth-order valence-electron chi connectivity index (χ4n) is 3.84. The molecule has 2 aromatic rings. The molecule has 4 rings (SSSR count). The highest BCUT2D eigenvalue weighted by Gasteiger charge is 2.41. The Morgan fingerprint density at radius 1 is 1.24 bits per heavy atom. The smallest absolute Gasteiger partial charge is 0.251 e. The van der Waals surface area contributed by atoms with E-state index in [1.165, 1.54) is 0 Å². The second-order valence-corrected chi connectivity index (χ2v) is 6.66. The fourth-order valence-corrected chi connectivity index (χ4v) is 3.84. The van der Waals surface area contributed by atoms with Crippen LogP contribution >= 0.6 is 0 Å². The maximum atomic E-state index is 12.2. The van der Waals surface area contributed by atoms with Gasteiger partial charge in [0.05, 0.1) is 12.7 Å². The molecule has 0 saturated carbocycles. The third-order valence-electron chi connectivity index (χ3n) is 5.17. The van der Waals surface area contributed by atoms with E-state index in [2.05, 4.69) is 26.3 Å². The van der Waals surface area contributed by atoms with Crippen LogP contribution in [0.5, 0.6) is 0 Å². The predicted octanol–water partition coefficient (Wildman–Crippen LogP) is 1.75. The zero-order valence-electron chi connectivity index (χ0n) is 14.0. The molecule has 2 saturated heterocycles. The molecule has 130 valence electrons. The molecule has 0 unspecified atom stereocenters. The minimum atomic E-state index is -0.0691. The number of carbonyl (C=O) groups excluding carboxylic acids is 1. The molecule has 6 nitrogen and oxygen atoms in total. The summed E-state index contributed by atoms with van der Waals surface area (Å²) in [5, 5.41) is 3.00. The maximum Gasteiger partial charge on any atom is 0.251 e. The number of pyridine rings is 2. The van der Waals surface area contributed by atoms with Crippen LogP contribution in [0.1, 0.15) is 16.8 Å². The zero-order valence-corrected chi connectivity index (χ0v) is 14.0. The van der Waals surface area contributed by atoms with E-state index in [0.29, 0.717) is 23.9 Å².